The quantitative estimate of drug-likeness (QED) is 0.275. The van der Waals surface area contributed by atoms with Crippen LogP contribution in [-0.2, 0) is 20.7 Å². The molecule has 0 radical (unpaired) electrons. The first-order chi connectivity index (χ1) is 14.5. The SMILES string of the molecule is CCOC(=O)CCCCCCC(CCCC(O)COc1cccc(CC)c1)C(C)=O. The minimum absolute atomic E-state index is 0.0596. The number of hydrogen-bond acceptors (Lipinski definition) is 5. The molecule has 0 aromatic heterocycles. The summed E-state index contributed by atoms with van der Waals surface area (Å²) in [6.07, 6.45) is 7.89. The molecule has 5 nitrogen and oxygen atoms in total. The van der Waals surface area contributed by atoms with E-state index in [4.69, 9.17) is 9.47 Å². The lowest BCUT2D eigenvalue weighted by molar-refractivity contribution is -0.143. The number of rotatable bonds is 17. The Balaban J connectivity index is 2.17. The predicted octanol–water partition coefficient (Wildman–Crippen LogP) is 5.27. The highest BCUT2D eigenvalue weighted by molar-refractivity contribution is 5.78. The number of esters is 1. The fraction of sp³-hybridized carbons (Fsp3) is 0.680. The van der Waals surface area contributed by atoms with E-state index in [1.165, 1.54) is 5.56 Å². The standard InChI is InChI=1S/C25H40O5/c1-4-21-12-10-16-24(18-21)30-19-23(27)15-11-14-22(20(3)26)13-8-6-7-9-17-25(28)29-5-2/h10,12,16,18,22-23,27H,4-9,11,13-15,17,19H2,1-3H3. The van der Waals surface area contributed by atoms with Gasteiger partial charge in [-0.25, -0.2) is 0 Å². The minimum atomic E-state index is -0.522. The number of unbranched alkanes of at least 4 members (excludes halogenated alkanes) is 3. The van der Waals surface area contributed by atoms with Gasteiger partial charge in [0.2, 0.25) is 0 Å². The zero-order valence-electron chi connectivity index (χ0n) is 19.0. The number of carbonyl (C=O) groups excluding carboxylic acids is 2. The highest BCUT2D eigenvalue weighted by Gasteiger charge is 2.15. The van der Waals surface area contributed by atoms with E-state index in [1.54, 1.807) is 6.92 Å². The van der Waals surface area contributed by atoms with Gasteiger partial charge in [-0.3, -0.25) is 9.59 Å². The fourth-order valence-corrected chi connectivity index (χ4v) is 3.53. The van der Waals surface area contributed by atoms with E-state index in [9.17, 15) is 14.7 Å². The van der Waals surface area contributed by atoms with E-state index < -0.39 is 6.10 Å². The van der Waals surface area contributed by atoms with Crippen LogP contribution in [0.3, 0.4) is 0 Å². The average molecular weight is 421 g/mol. The van der Waals surface area contributed by atoms with Crippen molar-refractivity contribution in [2.24, 2.45) is 5.92 Å². The van der Waals surface area contributed by atoms with Crippen molar-refractivity contribution in [1.29, 1.82) is 0 Å². The van der Waals surface area contributed by atoms with Crippen molar-refractivity contribution in [3.05, 3.63) is 29.8 Å². The summed E-state index contributed by atoms with van der Waals surface area (Å²) in [5.74, 6) is 0.950. The van der Waals surface area contributed by atoms with Gasteiger partial charge in [0, 0.05) is 12.3 Å². The molecule has 30 heavy (non-hydrogen) atoms. The van der Waals surface area contributed by atoms with E-state index in [-0.39, 0.29) is 24.3 Å². The van der Waals surface area contributed by atoms with E-state index in [0.29, 0.717) is 19.4 Å². The molecule has 0 saturated heterocycles. The molecule has 2 unspecified atom stereocenters. The molecule has 0 aliphatic rings. The van der Waals surface area contributed by atoms with Crippen LogP contribution in [0.25, 0.3) is 0 Å². The smallest absolute Gasteiger partial charge is 0.305 e. The molecular formula is C25H40O5. The Morgan fingerprint density at radius 1 is 1.00 bits per heavy atom. The van der Waals surface area contributed by atoms with E-state index in [0.717, 1.165) is 57.1 Å². The van der Waals surface area contributed by atoms with Crippen LogP contribution in [0.5, 0.6) is 5.75 Å². The topological polar surface area (TPSA) is 72.8 Å². The maximum absolute atomic E-state index is 11.9. The number of hydrogen-bond donors (Lipinski definition) is 1. The summed E-state index contributed by atoms with van der Waals surface area (Å²) in [6, 6.07) is 7.94. The summed E-state index contributed by atoms with van der Waals surface area (Å²) in [4.78, 5) is 23.2. The largest absolute Gasteiger partial charge is 0.491 e. The zero-order valence-corrected chi connectivity index (χ0v) is 19.0. The second kappa shape index (κ2) is 15.9. The van der Waals surface area contributed by atoms with Gasteiger partial charge in [-0.2, -0.15) is 0 Å². The second-order valence-electron chi connectivity index (χ2n) is 7.96. The molecular weight excluding hydrogens is 380 g/mol. The van der Waals surface area contributed by atoms with Gasteiger partial charge < -0.3 is 14.6 Å². The van der Waals surface area contributed by atoms with Crippen molar-refractivity contribution in [3.63, 3.8) is 0 Å². The lowest BCUT2D eigenvalue weighted by atomic mass is 9.91. The van der Waals surface area contributed by atoms with Crippen molar-refractivity contribution in [2.75, 3.05) is 13.2 Å². The van der Waals surface area contributed by atoms with Crippen LogP contribution in [-0.4, -0.2) is 36.2 Å². The van der Waals surface area contributed by atoms with Crippen LogP contribution < -0.4 is 4.74 Å². The fourth-order valence-electron chi connectivity index (χ4n) is 3.53. The molecule has 1 aromatic rings. The number of aryl methyl sites for hydroxylation is 1. The number of aliphatic hydroxyl groups is 1. The van der Waals surface area contributed by atoms with Crippen molar-refractivity contribution < 1.29 is 24.2 Å². The number of Topliss-reactive ketones (excluding diaryl/α,β-unsaturated/α-hetero) is 1. The number of carbonyl (C=O) groups is 2. The van der Waals surface area contributed by atoms with Gasteiger partial charge in [-0.15, -0.1) is 0 Å². The average Bonchev–Trinajstić information content (AvgIpc) is 2.73. The molecule has 0 fully saturated rings. The van der Waals surface area contributed by atoms with Gasteiger partial charge in [0.1, 0.15) is 18.1 Å². The molecule has 1 N–H and O–H groups in total. The Kier molecular flexibility index (Phi) is 13.9. The molecule has 0 amide bonds. The monoisotopic (exact) mass is 420 g/mol. The van der Waals surface area contributed by atoms with Crippen molar-refractivity contribution in [2.45, 2.75) is 91.1 Å². The van der Waals surface area contributed by atoms with Gasteiger partial charge >= 0.3 is 5.97 Å². The molecule has 5 heteroatoms. The van der Waals surface area contributed by atoms with Crippen molar-refractivity contribution in [3.8, 4) is 5.75 Å². The maximum atomic E-state index is 11.9. The van der Waals surface area contributed by atoms with Crippen molar-refractivity contribution >= 4 is 11.8 Å². The second-order valence-corrected chi connectivity index (χ2v) is 7.96. The Hall–Kier alpha value is -1.88. The van der Waals surface area contributed by atoms with Gasteiger partial charge in [-0.1, -0.05) is 44.7 Å². The Bertz CT molecular complexity index is 613. The zero-order chi connectivity index (χ0) is 22.2. The third-order valence-corrected chi connectivity index (χ3v) is 5.40. The first-order valence-corrected chi connectivity index (χ1v) is 11.5. The third-order valence-electron chi connectivity index (χ3n) is 5.40. The molecule has 1 rings (SSSR count). The summed E-state index contributed by atoms with van der Waals surface area (Å²) in [7, 11) is 0. The lowest BCUT2D eigenvalue weighted by Gasteiger charge is -2.16. The summed E-state index contributed by atoms with van der Waals surface area (Å²) < 4.78 is 10.6. The number of ketones is 1. The lowest BCUT2D eigenvalue weighted by Crippen LogP contribution is -2.18. The van der Waals surface area contributed by atoms with Gasteiger partial charge in [0.25, 0.3) is 0 Å². The van der Waals surface area contributed by atoms with Crippen LogP contribution in [0.1, 0.15) is 84.1 Å². The molecule has 1 aromatic carbocycles. The Labute approximate surface area is 182 Å². The highest BCUT2D eigenvalue weighted by atomic mass is 16.5. The molecule has 170 valence electrons. The van der Waals surface area contributed by atoms with E-state index >= 15 is 0 Å². The Morgan fingerprint density at radius 2 is 1.73 bits per heavy atom. The molecule has 2 atom stereocenters. The van der Waals surface area contributed by atoms with E-state index in [1.807, 2.05) is 25.1 Å². The maximum Gasteiger partial charge on any atom is 0.305 e. The third kappa shape index (κ3) is 12.0. The summed E-state index contributed by atoms with van der Waals surface area (Å²) in [5, 5.41) is 10.2. The predicted molar refractivity (Wildman–Crippen MR) is 120 cm³/mol. The van der Waals surface area contributed by atoms with Crippen LogP contribution in [0.2, 0.25) is 0 Å². The van der Waals surface area contributed by atoms with Crippen LogP contribution >= 0.6 is 0 Å². The molecule has 0 heterocycles. The first kappa shape index (κ1) is 26.2. The van der Waals surface area contributed by atoms with Crippen LogP contribution in [0.15, 0.2) is 24.3 Å². The molecule has 0 saturated carbocycles. The van der Waals surface area contributed by atoms with Crippen molar-refractivity contribution in [1.82, 2.24) is 0 Å². The molecule has 0 aliphatic heterocycles. The minimum Gasteiger partial charge on any atom is -0.491 e. The van der Waals surface area contributed by atoms with Gasteiger partial charge in [0.15, 0.2) is 0 Å². The highest BCUT2D eigenvalue weighted by Crippen LogP contribution is 2.20. The molecule has 0 bridgehead atoms. The van der Waals surface area contributed by atoms with Crippen LogP contribution in [0.4, 0.5) is 0 Å². The Morgan fingerprint density at radius 3 is 2.43 bits per heavy atom. The van der Waals surface area contributed by atoms with E-state index in [2.05, 4.69) is 13.0 Å². The number of ether oxygens (including phenoxy) is 2. The summed E-state index contributed by atoms with van der Waals surface area (Å²) in [6.45, 7) is 6.29. The summed E-state index contributed by atoms with van der Waals surface area (Å²) in [5.41, 5.74) is 1.21. The van der Waals surface area contributed by atoms with Gasteiger partial charge in [0.05, 0.1) is 12.7 Å². The first-order valence-electron chi connectivity index (χ1n) is 11.5. The van der Waals surface area contributed by atoms with Gasteiger partial charge in [-0.05, 0) is 63.6 Å². The molecule has 0 aliphatic carbocycles. The summed E-state index contributed by atoms with van der Waals surface area (Å²) >= 11 is 0. The number of benzene rings is 1. The normalized spacial score (nSPS) is 12.9. The molecule has 0 spiro atoms. The number of aliphatic hydroxyl groups excluding tert-OH is 1. The van der Waals surface area contributed by atoms with Crippen LogP contribution in [0, 0.1) is 5.92 Å².